The van der Waals surface area contributed by atoms with Crippen molar-refractivity contribution in [2.75, 3.05) is 11.4 Å². The molecule has 1 aromatic heterocycles. The van der Waals surface area contributed by atoms with E-state index in [1.807, 2.05) is 22.9 Å². The number of para-hydroxylation sites is 1. The Kier molecular flexibility index (Phi) is 4.94. The summed E-state index contributed by atoms with van der Waals surface area (Å²) in [6.45, 7) is 8.98. The second-order valence-electron chi connectivity index (χ2n) is 10.5. The average molecular weight is 475 g/mol. The van der Waals surface area contributed by atoms with Crippen LogP contribution in [-0.2, 0) is 10.2 Å². The predicted molar refractivity (Wildman–Crippen MR) is 145 cm³/mol. The van der Waals surface area contributed by atoms with Crippen LogP contribution in [0.25, 0.3) is 22.9 Å². The summed E-state index contributed by atoms with van der Waals surface area (Å²) in [7, 11) is 0. The number of carbonyl (C=O) groups is 1. The van der Waals surface area contributed by atoms with Crippen molar-refractivity contribution >= 4 is 17.7 Å². The molecule has 1 N–H and O–H groups in total. The van der Waals surface area contributed by atoms with Gasteiger partial charge in [0.25, 0.3) is 0 Å². The van der Waals surface area contributed by atoms with Crippen molar-refractivity contribution in [3.63, 3.8) is 0 Å². The van der Waals surface area contributed by atoms with Gasteiger partial charge in [-0.25, -0.2) is 4.68 Å². The van der Waals surface area contributed by atoms with Crippen LogP contribution in [0.1, 0.15) is 36.2 Å². The van der Waals surface area contributed by atoms with Gasteiger partial charge in [0.1, 0.15) is 5.66 Å². The summed E-state index contributed by atoms with van der Waals surface area (Å²) in [5, 5.41) is 8.31. The third-order valence-corrected chi connectivity index (χ3v) is 7.74. The van der Waals surface area contributed by atoms with Crippen LogP contribution in [0.15, 0.2) is 85.1 Å². The van der Waals surface area contributed by atoms with Gasteiger partial charge < -0.3 is 10.2 Å². The van der Waals surface area contributed by atoms with Crippen LogP contribution >= 0.6 is 0 Å². The molecule has 2 aliphatic heterocycles. The Hall–Kier alpha value is -4.12. The number of rotatable bonds is 4. The Bertz CT molecular complexity index is 1500. The maximum absolute atomic E-state index is 12.7. The Morgan fingerprint density at radius 2 is 1.67 bits per heavy atom. The van der Waals surface area contributed by atoms with E-state index in [0.29, 0.717) is 6.54 Å². The molecule has 0 radical (unpaired) electrons. The number of anilines is 1. The van der Waals surface area contributed by atoms with E-state index in [1.54, 1.807) is 0 Å². The lowest BCUT2D eigenvalue weighted by molar-refractivity contribution is -0.118. The van der Waals surface area contributed by atoms with Gasteiger partial charge in [0.2, 0.25) is 5.91 Å². The zero-order valence-electron chi connectivity index (χ0n) is 21.1. The molecule has 180 valence electrons. The third kappa shape index (κ3) is 3.30. The van der Waals surface area contributed by atoms with Crippen molar-refractivity contribution in [1.29, 1.82) is 0 Å². The first kappa shape index (κ1) is 22.4. The molecule has 1 amide bonds. The standard InChI is InChI=1S/C31H30N4O/c1-21-10-13-23(14-11-21)25-19-35(24-8-6-5-7-9-24)33-27(25)16-17-31-30(3,4)26-18-22(2)12-15-28(26)34(31)20-29(36)32-31/h5-19H,20H2,1-4H3,(H,32,36)/b17-16+/t31-/m0/s1. The monoisotopic (exact) mass is 474 g/mol. The van der Waals surface area contributed by atoms with E-state index in [9.17, 15) is 4.79 Å². The zero-order chi connectivity index (χ0) is 25.1. The molecule has 3 aromatic carbocycles. The fourth-order valence-corrected chi connectivity index (χ4v) is 5.67. The van der Waals surface area contributed by atoms with E-state index in [1.165, 1.54) is 16.7 Å². The molecule has 6 rings (SSSR count). The molecule has 1 atom stereocenters. The largest absolute Gasteiger partial charge is 0.335 e. The number of carbonyl (C=O) groups excluding carboxylic acids is 1. The Labute approximate surface area is 212 Å². The van der Waals surface area contributed by atoms with Crippen LogP contribution in [0.4, 0.5) is 5.69 Å². The number of amides is 1. The lowest BCUT2D eigenvalue weighted by Gasteiger charge is -2.40. The van der Waals surface area contributed by atoms with Crippen LogP contribution in [0.3, 0.4) is 0 Å². The number of hydrogen-bond donors (Lipinski definition) is 1. The summed E-state index contributed by atoms with van der Waals surface area (Å²) < 4.78 is 1.93. The van der Waals surface area contributed by atoms with Crippen molar-refractivity contribution in [2.45, 2.75) is 38.8 Å². The smallest absolute Gasteiger partial charge is 0.241 e. The summed E-state index contributed by atoms with van der Waals surface area (Å²) in [6, 6.07) is 25.2. The minimum Gasteiger partial charge on any atom is -0.335 e. The molecule has 36 heavy (non-hydrogen) atoms. The van der Waals surface area contributed by atoms with E-state index in [4.69, 9.17) is 5.10 Å². The molecule has 5 heteroatoms. The number of hydrogen-bond acceptors (Lipinski definition) is 3. The van der Waals surface area contributed by atoms with Crippen LogP contribution in [0.2, 0.25) is 0 Å². The quantitative estimate of drug-likeness (QED) is 0.407. The van der Waals surface area contributed by atoms with Gasteiger partial charge in [0.15, 0.2) is 0 Å². The predicted octanol–water partition coefficient (Wildman–Crippen LogP) is 5.79. The minimum atomic E-state index is -0.665. The van der Waals surface area contributed by atoms with E-state index < -0.39 is 5.66 Å². The molecule has 0 spiro atoms. The van der Waals surface area contributed by atoms with E-state index >= 15 is 0 Å². The fraction of sp³-hybridized carbons (Fsp3) is 0.226. The highest BCUT2D eigenvalue weighted by molar-refractivity contribution is 5.92. The van der Waals surface area contributed by atoms with Gasteiger partial charge in [0.05, 0.1) is 17.9 Å². The molecule has 1 saturated heterocycles. The number of nitrogens with zero attached hydrogens (tertiary/aromatic N) is 3. The molecular weight excluding hydrogens is 444 g/mol. The van der Waals surface area contributed by atoms with Crippen molar-refractivity contribution in [1.82, 2.24) is 15.1 Å². The number of fused-ring (bicyclic) bond motifs is 3. The number of benzene rings is 3. The molecule has 3 heterocycles. The summed E-state index contributed by atoms with van der Waals surface area (Å²) in [5.74, 6) is 0.0347. The molecule has 4 aromatic rings. The molecule has 1 fully saturated rings. The van der Waals surface area contributed by atoms with Crippen LogP contribution in [0.5, 0.6) is 0 Å². The van der Waals surface area contributed by atoms with Crippen molar-refractivity contribution in [3.8, 4) is 16.8 Å². The highest BCUT2D eigenvalue weighted by Gasteiger charge is 2.60. The molecule has 0 saturated carbocycles. The number of aryl methyl sites for hydroxylation is 2. The molecule has 0 bridgehead atoms. The molecule has 5 nitrogen and oxygen atoms in total. The SMILES string of the molecule is Cc1ccc(-c2cn(-c3ccccc3)nc2/C=C/[C@]23NC(=O)CN2c2ccc(C)cc2C3(C)C)cc1. The van der Waals surface area contributed by atoms with Gasteiger partial charge >= 0.3 is 0 Å². The molecule has 0 aliphatic carbocycles. The van der Waals surface area contributed by atoms with Gasteiger partial charge in [-0.05, 0) is 55.3 Å². The summed E-state index contributed by atoms with van der Waals surface area (Å²) >= 11 is 0. The number of aromatic nitrogens is 2. The maximum atomic E-state index is 12.7. The highest BCUT2D eigenvalue weighted by Crippen LogP contribution is 2.53. The van der Waals surface area contributed by atoms with Gasteiger partial charge in [-0.3, -0.25) is 4.79 Å². The second-order valence-corrected chi connectivity index (χ2v) is 10.5. The summed E-state index contributed by atoms with van der Waals surface area (Å²) in [4.78, 5) is 14.9. The van der Waals surface area contributed by atoms with Crippen molar-refractivity contribution in [2.24, 2.45) is 0 Å². The summed E-state index contributed by atoms with van der Waals surface area (Å²) in [5.41, 5.74) is 7.83. The van der Waals surface area contributed by atoms with Crippen LogP contribution in [-0.4, -0.2) is 27.9 Å². The van der Waals surface area contributed by atoms with Crippen LogP contribution < -0.4 is 10.2 Å². The number of nitrogens with one attached hydrogen (secondary N) is 1. The maximum Gasteiger partial charge on any atom is 0.241 e. The normalized spacial score (nSPS) is 20.0. The lowest BCUT2D eigenvalue weighted by atomic mass is 9.75. The Balaban J connectivity index is 1.49. The zero-order valence-corrected chi connectivity index (χ0v) is 21.1. The molecule has 2 aliphatic rings. The Morgan fingerprint density at radius 1 is 0.944 bits per heavy atom. The first-order valence-electron chi connectivity index (χ1n) is 12.4. The van der Waals surface area contributed by atoms with Gasteiger partial charge in [-0.15, -0.1) is 0 Å². The fourth-order valence-electron chi connectivity index (χ4n) is 5.67. The highest BCUT2D eigenvalue weighted by atomic mass is 16.2. The van der Waals surface area contributed by atoms with Crippen molar-refractivity contribution < 1.29 is 4.79 Å². The van der Waals surface area contributed by atoms with Crippen molar-refractivity contribution in [3.05, 3.63) is 107 Å². The van der Waals surface area contributed by atoms with Gasteiger partial charge in [-0.1, -0.05) is 79.6 Å². The first-order chi connectivity index (χ1) is 17.3. The minimum absolute atomic E-state index is 0.0347. The third-order valence-electron chi connectivity index (χ3n) is 7.74. The first-order valence-corrected chi connectivity index (χ1v) is 12.4. The van der Waals surface area contributed by atoms with Gasteiger partial charge in [-0.2, -0.15) is 5.10 Å². The molecular formula is C31H30N4O. The van der Waals surface area contributed by atoms with E-state index in [2.05, 4.69) is 111 Å². The van der Waals surface area contributed by atoms with E-state index in [0.717, 1.165) is 28.2 Å². The lowest BCUT2D eigenvalue weighted by Crippen LogP contribution is -2.58. The van der Waals surface area contributed by atoms with Crippen LogP contribution in [0, 0.1) is 13.8 Å². The summed E-state index contributed by atoms with van der Waals surface area (Å²) in [6.07, 6.45) is 6.30. The topological polar surface area (TPSA) is 50.2 Å². The van der Waals surface area contributed by atoms with Gasteiger partial charge in [0, 0.05) is 22.9 Å². The van der Waals surface area contributed by atoms with E-state index in [-0.39, 0.29) is 11.3 Å². The molecule has 0 unspecified atom stereocenters. The average Bonchev–Trinajstić information content (AvgIpc) is 3.49. The second kappa shape index (κ2) is 7.95. The Morgan fingerprint density at radius 3 is 2.42 bits per heavy atom.